The first-order valence-corrected chi connectivity index (χ1v) is 14.2. The summed E-state index contributed by atoms with van der Waals surface area (Å²) in [5, 5.41) is 17.0. The van der Waals surface area contributed by atoms with Crippen LogP contribution in [-0.2, 0) is 16.6 Å². The van der Waals surface area contributed by atoms with E-state index in [1.165, 1.54) is 30.5 Å². The van der Waals surface area contributed by atoms with E-state index >= 15 is 0 Å². The minimum atomic E-state index is -0.326. The van der Waals surface area contributed by atoms with Crippen LogP contribution in [0.5, 0.6) is 11.5 Å². The first kappa shape index (κ1) is 24.3. The van der Waals surface area contributed by atoms with E-state index in [9.17, 15) is 9.90 Å². The number of hydrogen-bond donors (Lipinski definition) is 3. The minimum Gasteiger partial charge on any atom is -0.504 e. The van der Waals surface area contributed by atoms with Gasteiger partial charge in [-0.05, 0) is 86.7 Å². The van der Waals surface area contributed by atoms with Crippen LogP contribution in [-0.4, -0.2) is 61.0 Å². The number of benzene rings is 2. The number of ether oxygens (including phenoxy) is 2. The number of carbonyl (C=O) groups is 1. The molecule has 6 unspecified atom stereocenters. The lowest BCUT2D eigenvalue weighted by Crippen LogP contribution is -2.71. The third-order valence-corrected chi connectivity index (χ3v) is 10.3. The number of anilines is 1. The van der Waals surface area contributed by atoms with Gasteiger partial charge in [0.05, 0.1) is 0 Å². The highest BCUT2D eigenvalue weighted by molar-refractivity contribution is 5.89. The zero-order valence-corrected chi connectivity index (χ0v) is 22.6. The predicted octanol–water partition coefficient (Wildman–Crippen LogP) is 4.60. The van der Waals surface area contributed by atoms with Gasteiger partial charge in [0.1, 0.15) is 12.2 Å². The number of nitrogens with zero attached hydrogens (tertiary/aromatic N) is 1. The van der Waals surface area contributed by atoms with E-state index in [-0.39, 0.29) is 34.8 Å². The molecule has 3 fully saturated rings. The highest BCUT2D eigenvalue weighted by atomic mass is 16.5. The highest BCUT2D eigenvalue weighted by Gasteiger charge is 2.70. The Hall–Kier alpha value is -2.77. The Morgan fingerprint density at radius 1 is 1.26 bits per heavy atom. The van der Waals surface area contributed by atoms with E-state index in [2.05, 4.69) is 28.5 Å². The average molecular weight is 518 g/mol. The number of rotatable bonds is 6. The molecule has 0 aromatic heterocycles. The molecule has 2 bridgehead atoms. The summed E-state index contributed by atoms with van der Waals surface area (Å²) in [4.78, 5) is 15.7. The summed E-state index contributed by atoms with van der Waals surface area (Å²) in [6.07, 6.45) is 5.25. The maximum absolute atomic E-state index is 13.0. The third kappa shape index (κ3) is 3.58. The summed E-state index contributed by atoms with van der Waals surface area (Å²) in [6.45, 7) is 6.99. The molecule has 2 amide bonds. The Morgan fingerprint density at radius 2 is 2.11 bits per heavy atom. The number of phenolic OH excluding ortho intramolecular Hbond substituents is 1. The van der Waals surface area contributed by atoms with Crippen LogP contribution >= 0.6 is 0 Å². The Morgan fingerprint density at radius 3 is 2.87 bits per heavy atom. The van der Waals surface area contributed by atoms with E-state index in [1.807, 2.05) is 37.3 Å². The first-order valence-electron chi connectivity index (χ1n) is 14.2. The zero-order chi connectivity index (χ0) is 26.2. The van der Waals surface area contributed by atoms with Crippen molar-refractivity contribution in [2.75, 3.05) is 32.1 Å². The normalized spacial score (nSPS) is 34.8. The molecule has 3 aliphatic carbocycles. The number of carbonyl (C=O) groups excluding carboxylic acids is 1. The summed E-state index contributed by atoms with van der Waals surface area (Å²) in [5.41, 5.74) is 3.98. The second-order valence-electron chi connectivity index (χ2n) is 12.8. The smallest absolute Gasteiger partial charge is 0.319 e. The topological polar surface area (TPSA) is 83.1 Å². The number of aromatic hydroxyl groups is 1. The fraction of sp³-hybridized carbons (Fsp3) is 0.581. The van der Waals surface area contributed by atoms with Crippen LogP contribution in [0.25, 0.3) is 0 Å². The van der Waals surface area contributed by atoms with Gasteiger partial charge in [0.2, 0.25) is 0 Å². The van der Waals surface area contributed by atoms with Gasteiger partial charge in [-0.25, -0.2) is 4.79 Å². The average Bonchev–Trinajstić information content (AvgIpc) is 3.64. The molecule has 2 aliphatic heterocycles. The van der Waals surface area contributed by atoms with E-state index < -0.39 is 0 Å². The van der Waals surface area contributed by atoms with Gasteiger partial charge >= 0.3 is 6.03 Å². The lowest BCUT2D eigenvalue weighted by molar-refractivity contribution is -0.171. The molecule has 2 saturated carbocycles. The number of hydrogen-bond acceptors (Lipinski definition) is 5. The summed E-state index contributed by atoms with van der Waals surface area (Å²) < 4.78 is 13.0. The quantitative estimate of drug-likeness (QED) is 0.522. The van der Waals surface area contributed by atoms with Gasteiger partial charge in [-0.1, -0.05) is 25.1 Å². The van der Waals surface area contributed by atoms with Gasteiger partial charge in [-0.2, -0.15) is 0 Å². The number of amides is 2. The number of nitrogens with one attached hydrogen (secondary N) is 2. The van der Waals surface area contributed by atoms with Crippen LogP contribution in [0.2, 0.25) is 0 Å². The number of likely N-dealkylation sites (tertiary alicyclic amines) is 1. The van der Waals surface area contributed by atoms with Crippen LogP contribution in [0.4, 0.5) is 10.5 Å². The summed E-state index contributed by atoms with van der Waals surface area (Å²) >= 11 is 0. The Labute approximate surface area is 224 Å². The molecule has 7 nitrogen and oxygen atoms in total. The van der Waals surface area contributed by atoms with Crippen LogP contribution in [0.15, 0.2) is 36.4 Å². The SMILES string of the molecule is COC1C2Oc3c(O)ccc4c3C23CCN(CC2CC2)C(C4)C3CC1(C)CNC(=O)Nc1cccc(C)c1. The molecule has 3 N–H and O–H groups in total. The molecular weight excluding hydrogens is 478 g/mol. The van der Waals surface area contributed by atoms with Gasteiger partial charge in [0, 0.05) is 48.3 Å². The molecule has 202 valence electrons. The lowest BCUT2D eigenvalue weighted by Gasteiger charge is -2.63. The lowest BCUT2D eigenvalue weighted by atomic mass is 9.47. The Bertz CT molecular complexity index is 1280. The van der Waals surface area contributed by atoms with Crippen molar-refractivity contribution >= 4 is 11.7 Å². The van der Waals surface area contributed by atoms with Crippen molar-refractivity contribution in [1.82, 2.24) is 10.2 Å². The summed E-state index contributed by atoms with van der Waals surface area (Å²) in [6, 6.07) is 12.0. The van der Waals surface area contributed by atoms with E-state index in [0.717, 1.165) is 43.0 Å². The van der Waals surface area contributed by atoms with E-state index in [0.29, 0.717) is 24.3 Å². The van der Waals surface area contributed by atoms with Gasteiger partial charge in [0.15, 0.2) is 11.5 Å². The maximum Gasteiger partial charge on any atom is 0.319 e. The second-order valence-corrected chi connectivity index (χ2v) is 12.8. The van der Waals surface area contributed by atoms with Crippen LogP contribution in [0.1, 0.15) is 49.3 Å². The van der Waals surface area contributed by atoms with Gasteiger partial charge < -0.3 is 25.2 Å². The second kappa shape index (κ2) is 8.62. The first-order chi connectivity index (χ1) is 18.3. The molecular formula is C31H39N3O4. The monoisotopic (exact) mass is 517 g/mol. The standard InChI is InChI=1S/C31H39N3O4/c1-18-5-4-6-21(13-18)33-29(36)32-17-30(2)15-22-23-14-20-9-10-24(35)26-25(20)31(22,28(38-26)27(30)37-3)11-12-34(23)16-19-7-8-19/h4-6,9-10,13,19,22-23,27-28,35H,7-8,11-12,14-17H2,1-3H3,(H2,32,33,36). The molecule has 7 heteroatoms. The number of phenols is 1. The maximum atomic E-state index is 13.0. The van der Waals surface area contributed by atoms with Crippen molar-refractivity contribution in [2.24, 2.45) is 17.3 Å². The van der Waals surface area contributed by atoms with Crippen molar-refractivity contribution in [2.45, 2.75) is 69.6 Å². The number of aryl methyl sites for hydroxylation is 1. The third-order valence-electron chi connectivity index (χ3n) is 10.3. The van der Waals surface area contributed by atoms with Crippen molar-refractivity contribution in [1.29, 1.82) is 0 Å². The summed E-state index contributed by atoms with van der Waals surface area (Å²) in [7, 11) is 1.77. The number of urea groups is 1. The minimum absolute atomic E-state index is 0.156. The number of piperidine rings is 1. The molecule has 7 rings (SSSR count). The fourth-order valence-electron chi connectivity index (χ4n) is 8.48. The Balaban J connectivity index is 1.21. The molecule has 2 heterocycles. The molecule has 1 spiro atoms. The molecule has 5 aliphatic rings. The van der Waals surface area contributed by atoms with Crippen molar-refractivity contribution in [3.05, 3.63) is 53.1 Å². The predicted molar refractivity (Wildman–Crippen MR) is 146 cm³/mol. The van der Waals surface area contributed by atoms with Crippen molar-refractivity contribution in [3.8, 4) is 11.5 Å². The van der Waals surface area contributed by atoms with E-state index in [1.54, 1.807) is 7.11 Å². The Kier molecular flexibility index (Phi) is 5.51. The zero-order valence-electron chi connectivity index (χ0n) is 22.6. The van der Waals surface area contributed by atoms with Crippen LogP contribution < -0.4 is 15.4 Å². The fourth-order valence-corrected chi connectivity index (χ4v) is 8.48. The largest absolute Gasteiger partial charge is 0.504 e. The molecule has 38 heavy (non-hydrogen) atoms. The van der Waals surface area contributed by atoms with Gasteiger partial charge in [-0.3, -0.25) is 4.90 Å². The molecule has 1 saturated heterocycles. The highest BCUT2D eigenvalue weighted by Crippen LogP contribution is 2.66. The molecule has 0 radical (unpaired) electrons. The van der Waals surface area contributed by atoms with Crippen LogP contribution in [0.3, 0.4) is 0 Å². The van der Waals surface area contributed by atoms with Crippen molar-refractivity contribution in [3.63, 3.8) is 0 Å². The summed E-state index contributed by atoms with van der Waals surface area (Å²) in [5.74, 6) is 2.12. The number of methoxy groups -OCH3 is 1. The molecule has 6 atom stereocenters. The van der Waals surface area contributed by atoms with Gasteiger partial charge in [-0.15, -0.1) is 0 Å². The van der Waals surface area contributed by atoms with Crippen LogP contribution in [0, 0.1) is 24.2 Å². The van der Waals surface area contributed by atoms with Gasteiger partial charge in [0.25, 0.3) is 0 Å². The molecule has 2 aromatic carbocycles. The molecule has 2 aromatic rings. The van der Waals surface area contributed by atoms with E-state index in [4.69, 9.17) is 9.47 Å². The van der Waals surface area contributed by atoms with Crippen molar-refractivity contribution < 1.29 is 19.4 Å².